The summed E-state index contributed by atoms with van der Waals surface area (Å²) in [5.74, 6) is 0.714. The smallest absolute Gasteiger partial charge is 0.292 e. The summed E-state index contributed by atoms with van der Waals surface area (Å²) >= 11 is 0. The molecule has 1 unspecified atom stereocenters. The fraction of sp³-hybridized carbons (Fsp3) is 0.286. The molecule has 0 radical (unpaired) electrons. The van der Waals surface area contributed by atoms with Gasteiger partial charge in [-0.2, -0.15) is 0 Å². The highest BCUT2D eigenvalue weighted by Crippen LogP contribution is 2.33. The average Bonchev–Trinajstić information content (AvgIpc) is 3.01. The molecule has 1 fully saturated rings. The molecule has 2 N–H and O–H groups in total. The lowest BCUT2D eigenvalue weighted by Crippen LogP contribution is -2.38. The van der Waals surface area contributed by atoms with E-state index in [1.165, 1.54) is 12.1 Å². The van der Waals surface area contributed by atoms with Gasteiger partial charge in [-0.05, 0) is 24.3 Å². The Bertz CT molecular complexity index is 642. The minimum atomic E-state index is -0.397. The third-order valence-electron chi connectivity index (χ3n) is 3.46. The van der Waals surface area contributed by atoms with Crippen molar-refractivity contribution in [2.75, 3.05) is 30.3 Å². The third kappa shape index (κ3) is 2.68. The van der Waals surface area contributed by atoms with Gasteiger partial charge in [0.1, 0.15) is 17.6 Å². The maximum Gasteiger partial charge on any atom is 0.292 e. The minimum Gasteiger partial charge on any atom is -0.467 e. The van der Waals surface area contributed by atoms with Crippen LogP contribution in [0.2, 0.25) is 0 Å². The van der Waals surface area contributed by atoms with E-state index in [-0.39, 0.29) is 11.8 Å². The largest absolute Gasteiger partial charge is 0.467 e. The van der Waals surface area contributed by atoms with E-state index in [1.807, 2.05) is 11.0 Å². The first-order valence-electron chi connectivity index (χ1n) is 6.59. The quantitative estimate of drug-likeness (QED) is 0.529. The number of rotatable bonds is 3. The van der Waals surface area contributed by atoms with Gasteiger partial charge >= 0.3 is 0 Å². The van der Waals surface area contributed by atoms with Gasteiger partial charge in [0.2, 0.25) is 0 Å². The number of nitro groups is 1. The predicted octanol–water partition coefficient (Wildman–Crippen LogP) is 2.35. The van der Waals surface area contributed by atoms with Crippen LogP contribution in [0.3, 0.4) is 0 Å². The van der Waals surface area contributed by atoms with E-state index in [9.17, 15) is 10.1 Å². The topological polar surface area (TPSA) is 94.8 Å². The number of ether oxygens (including phenoxy) is 1. The van der Waals surface area contributed by atoms with Gasteiger partial charge in [-0.3, -0.25) is 10.1 Å². The maximum atomic E-state index is 11.2. The summed E-state index contributed by atoms with van der Waals surface area (Å²) in [6.07, 6.45) is 1.34. The monoisotopic (exact) mass is 289 g/mol. The van der Waals surface area contributed by atoms with Crippen LogP contribution in [0, 0.1) is 10.1 Å². The van der Waals surface area contributed by atoms with Gasteiger partial charge in [0.25, 0.3) is 5.69 Å². The Morgan fingerprint density at radius 1 is 1.38 bits per heavy atom. The standard InChI is InChI=1S/C14H15N3O4/c15-10-3-4-11(17(18)19)12(8-10)16-5-7-21-14(9-16)13-2-1-6-20-13/h1-4,6,8,14H,5,7,9,15H2. The van der Waals surface area contributed by atoms with Crippen LogP contribution in [0.5, 0.6) is 0 Å². The van der Waals surface area contributed by atoms with Crippen molar-refractivity contribution in [3.63, 3.8) is 0 Å². The van der Waals surface area contributed by atoms with Gasteiger partial charge in [-0.1, -0.05) is 0 Å². The molecule has 110 valence electrons. The third-order valence-corrected chi connectivity index (χ3v) is 3.46. The van der Waals surface area contributed by atoms with E-state index in [0.717, 1.165) is 0 Å². The number of anilines is 2. The Morgan fingerprint density at radius 2 is 2.24 bits per heavy atom. The normalized spacial score (nSPS) is 18.7. The van der Waals surface area contributed by atoms with E-state index in [1.54, 1.807) is 18.4 Å². The molecular weight excluding hydrogens is 274 g/mol. The van der Waals surface area contributed by atoms with Crippen LogP contribution in [-0.4, -0.2) is 24.6 Å². The minimum absolute atomic E-state index is 0.0456. The van der Waals surface area contributed by atoms with Crippen LogP contribution in [0.25, 0.3) is 0 Å². The highest BCUT2D eigenvalue weighted by molar-refractivity contribution is 5.69. The molecule has 1 aliphatic rings. The van der Waals surface area contributed by atoms with Crippen molar-refractivity contribution < 1.29 is 14.1 Å². The fourth-order valence-corrected chi connectivity index (χ4v) is 2.46. The van der Waals surface area contributed by atoms with E-state index in [2.05, 4.69) is 0 Å². The molecule has 21 heavy (non-hydrogen) atoms. The number of benzene rings is 1. The molecule has 0 saturated carbocycles. The van der Waals surface area contributed by atoms with Crippen molar-refractivity contribution in [2.45, 2.75) is 6.10 Å². The van der Waals surface area contributed by atoms with Gasteiger partial charge in [0.15, 0.2) is 0 Å². The highest BCUT2D eigenvalue weighted by atomic mass is 16.6. The van der Waals surface area contributed by atoms with Gasteiger partial charge in [-0.25, -0.2) is 0 Å². The zero-order chi connectivity index (χ0) is 14.8. The molecule has 0 amide bonds. The Morgan fingerprint density at radius 3 is 2.95 bits per heavy atom. The summed E-state index contributed by atoms with van der Waals surface area (Å²) in [5, 5.41) is 11.2. The zero-order valence-electron chi connectivity index (χ0n) is 11.3. The molecule has 0 bridgehead atoms. The molecule has 2 aromatic rings. The summed E-state index contributed by atoms with van der Waals surface area (Å²) in [4.78, 5) is 12.7. The molecule has 1 aromatic heterocycles. The molecule has 1 saturated heterocycles. The lowest BCUT2D eigenvalue weighted by atomic mass is 10.1. The molecule has 7 nitrogen and oxygen atoms in total. The number of nitro benzene ring substituents is 1. The fourth-order valence-electron chi connectivity index (χ4n) is 2.46. The summed E-state index contributed by atoms with van der Waals surface area (Å²) in [5.41, 5.74) is 6.82. The first-order chi connectivity index (χ1) is 10.1. The second-order valence-electron chi connectivity index (χ2n) is 4.83. The Balaban J connectivity index is 1.89. The molecular formula is C14H15N3O4. The summed E-state index contributed by atoms with van der Waals surface area (Å²) in [6, 6.07) is 8.22. The lowest BCUT2D eigenvalue weighted by molar-refractivity contribution is -0.384. The number of nitrogen functional groups attached to an aromatic ring is 1. The first-order valence-corrected chi connectivity index (χ1v) is 6.59. The van der Waals surface area contributed by atoms with Crippen molar-refractivity contribution in [1.82, 2.24) is 0 Å². The Kier molecular flexibility index (Phi) is 3.49. The molecule has 0 aliphatic carbocycles. The van der Waals surface area contributed by atoms with Gasteiger partial charge in [0.05, 0.1) is 24.3 Å². The lowest BCUT2D eigenvalue weighted by Gasteiger charge is -2.33. The molecule has 7 heteroatoms. The summed E-state index contributed by atoms with van der Waals surface area (Å²) < 4.78 is 11.0. The average molecular weight is 289 g/mol. The van der Waals surface area contributed by atoms with Gasteiger partial charge in [0, 0.05) is 18.3 Å². The van der Waals surface area contributed by atoms with E-state index in [4.69, 9.17) is 14.9 Å². The molecule has 3 rings (SSSR count). The van der Waals surface area contributed by atoms with Crippen LogP contribution < -0.4 is 10.6 Å². The highest BCUT2D eigenvalue weighted by Gasteiger charge is 2.28. The van der Waals surface area contributed by atoms with Crippen molar-refractivity contribution in [3.8, 4) is 0 Å². The molecule has 1 aliphatic heterocycles. The number of nitrogens with zero attached hydrogens (tertiary/aromatic N) is 2. The Labute approximate surface area is 121 Å². The predicted molar refractivity (Wildman–Crippen MR) is 77.1 cm³/mol. The van der Waals surface area contributed by atoms with Crippen LogP contribution in [0.4, 0.5) is 17.1 Å². The SMILES string of the molecule is Nc1ccc([N+](=O)[O-])c(N2CCOC(c3ccco3)C2)c1. The van der Waals surface area contributed by atoms with E-state index in [0.29, 0.717) is 36.8 Å². The number of morpholine rings is 1. The van der Waals surface area contributed by atoms with Crippen LogP contribution in [-0.2, 0) is 4.74 Å². The number of furan rings is 1. The van der Waals surface area contributed by atoms with Crippen LogP contribution in [0.1, 0.15) is 11.9 Å². The van der Waals surface area contributed by atoms with Crippen molar-refractivity contribution in [2.24, 2.45) is 0 Å². The molecule has 1 atom stereocenters. The maximum absolute atomic E-state index is 11.2. The first kappa shape index (κ1) is 13.4. The van der Waals surface area contributed by atoms with Gasteiger partial charge < -0.3 is 19.8 Å². The van der Waals surface area contributed by atoms with E-state index >= 15 is 0 Å². The van der Waals surface area contributed by atoms with Crippen LogP contribution in [0.15, 0.2) is 41.0 Å². The number of hydrogen-bond acceptors (Lipinski definition) is 6. The second kappa shape index (κ2) is 5.45. The summed E-state index contributed by atoms with van der Waals surface area (Å²) in [6.45, 7) is 1.52. The van der Waals surface area contributed by atoms with Crippen molar-refractivity contribution >= 4 is 17.1 Å². The van der Waals surface area contributed by atoms with Crippen molar-refractivity contribution in [3.05, 3.63) is 52.5 Å². The zero-order valence-corrected chi connectivity index (χ0v) is 11.3. The second-order valence-corrected chi connectivity index (χ2v) is 4.83. The van der Waals surface area contributed by atoms with Crippen LogP contribution >= 0.6 is 0 Å². The number of hydrogen-bond donors (Lipinski definition) is 1. The molecule has 2 heterocycles. The van der Waals surface area contributed by atoms with E-state index < -0.39 is 4.92 Å². The molecule has 0 spiro atoms. The number of nitrogens with two attached hydrogens (primary N) is 1. The Hall–Kier alpha value is -2.54. The summed E-state index contributed by atoms with van der Waals surface area (Å²) in [7, 11) is 0. The van der Waals surface area contributed by atoms with Crippen molar-refractivity contribution in [1.29, 1.82) is 0 Å². The molecule has 1 aromatic carbocycles. The van der Waals surface area contributed by atoms with Gasteiger partial charge in [-0.15, -0.1) is 0 Å².